The number of ether oxygens (including phenoxy) is 3. The Morgan fingerprint density at radius 2 is 2.00 bits per heavy atom. The minimum atomic E-state index is -0.525. The Kier molecular flexibility index (Phi) is 4.66. The van der Waals surface area contributed by atoms with Crippen LogP contribution in [-0.4, -0.2) is 32.0 Å². The second-order valence-corrected chi connectivity index (χ2v) is 4.95. The van der Waals surface area contributed by atoms with Crippen molar-refractivity contribution in [3.05, 3.63) is 23.3 Å². The molecule has 0 aromatic heterocycles. The van der Waals surface area contributed by atoms with Gasteiger partial charge in [0.25, 0.3) is 0 Å². The molecule has 0 spiro atoms. The number of aliphatic hydroxyl groups is 1. The van der Waals surface area contributed by atoms with Crippen molar-refractivity contribution in [2.24, 2.45) is 0 Å². The van der Waals surface area contributed by atoms with Gasteiger partial charge in [-0.3, -0.25) is 0 Å². The van der Waals surface area contributed by atoms with Crippen LogP contribution in [0.15, 0.2) is 12.1 Å². The van der Waals surface area contributed by atoms with Crippen molar-refractivity contribution < 1.29 is 19.3 Å². The standard InChI is InChI=1S/C15H22O4/c1-10-7-14(17-2)15(18-3)9-12(10)13(16)8-11-5-4-6-19-11/h7,9,11,13,16H,4-6,8H2,1-3H3. The predicted molar refractivity (Wildman–Crippen MR) is 72.8 cm³/mol. The smallest absolute Gasteiger partial charge is 0.161 e. The quantitative estimate of drug-likeness (QED) is 0.890. The van der Waals surface area contributed by atoms with Crippen molar-refractivity contribution in [1.82, 2.24) is 0 Å². The van der Waals surface area contributed by atoms with Crippen LogP contribution in [0.1, 0.15) is 36.5 Å². The Morgan fingerprint density at radius 1 is 1.32 bits per heavy atom. The molecule has 2 unspecified atom stereocenters. The fraction of sp³-hybridized carbons (Fsp3) is 0.600. The lowest BCUT2D eigenvalue weighted by Gasteiger charge is -2.19. The van der Waals surface area contributed by atoms with E-state index in [0.29, 0.717) is 17.9 Å². The van der Waals surface area contributed by atoms with Gasteiger partial charge < -0.3 is 19.3 Å². The monoisotopic (exact) mass is 266 g/mol. The molecule has 0 aliphatic carbocycles. The molecule has 106 valence electrons. The molecular formula is C15H22O4. The first-order chi connectivity index (χ1) is 9.15. The Bertz CT molecular complexity index is 424. The van der Waals surface area contributed by atoms with Crippen molar-refractivity contribution in [3.63, 3.8) is 0 Å². The zero-order chi connectivity index (χ0) is 13.8. The Labute approximate surface area is 114 Å². The number of methoxy groups -OCH3 is 2. The molecule has 4 heteroatoms. The van der Waals surface area contributed by atoms with Gasteiger partial charge in [0.2, 0.25) is 0 Å². The molecule has 1 aromatic rings. The van der Waals surface area contributed by atoms with Crippen LogP contribution < -0.4 is 9.47 Å². The van der Waals surface area contributed by atoms with Crippen molar-refractivity contribution in [2.75, 3.05) is 20.8 Å². The highest BCUT2D eigenvalue weighted by atomic mass is 16.5. The van der Waals surface area contributed by atoms with Crippen molar-refractivity contribution in [3.8, 4) is 11.5 Å². The molecule has 0 radical (unpaired) electrons. The minimum Gasteiger partial charge on any atom is -0.493 e. The van der Waals surface area contributed by atoms with E-state index in [1.807, 2.05) is 19.1 Å². The highest BCUT2D eigenvalue weighted by molar-refractivity contribution is 5.47. The van der Waals surface area contributed by atoms with Gasteiger partial charge in [-0.25, -0.2) is 0 Å². The Hall–Kier alpha value is -1.26. The number of hydrogen-bond acceptors (Lipinski definition) is 4. The normalized spacial score (nSPS) is 20.3. The van der Waals surface area contributed by atoms with Crippen LogP contribution in [-0.2, 0) is 4.74 Å². The van der Waals surface area contributed by atoms with Gasteiger partial charge >= 0.3 is 0 Å². The summed E-state index contributed by atoms with van der Waals surface area (Å²) in [7, 11) is 3.21. The summed E-state index contributed by atoms with van der Waals surface area (Å²) < 4.78 is 16.1. The lowest BCUT2D eigenvalue weighted by molar-refractivity contribution is 0.0532. The average molecular weight is 266 g/mol. The summed E-state index contributed by atoms with van der Waals surface area (Å²) in [5.41, 5.74) is 1.89. The van der Waals surface area contributed by atoms with Gasteiger partial charge in [0, 0.05) is 13.0 Å². The summed E-state index contributed by atoms with van der Waals surface area (Å²) in [5, 5.41) is 10.4. The number of rotatable bonds is 5. The molecule has 2 atom stereocenters. The van der Waals surface area contributed by atoms with Crippen molar-refractivity contribution >= 4 is 0 Å². The maximum Gasteiger partial charge on any atom is 0.161 e. The molecule has 19 heavy (non-hydrogen) atoms. The lowest BCUT2D eigenvalue weighted by Crippen LogP contribution is -2.12. The lowest BCUT2D eigenvalue weighted by atomic mass is 9.97. The molecule has 1 saturated heterocycles. The summed E-state index contributed by atoms with van der Waals surface area (Å²) in [6.07, 6.45) is 2.40. The van der Waals surface area contributed by atoms with E-state index in [4.69, 9.17) is 14.2 Å². The number of benzene rings is 1. The van der Waals surface area contributed by atoms with Gasteiger partial charge in [0.1, 0.15) is 0 Å². The van der Waals surface area contributed by atoms with Crippen LogP contribution in [0.3, 0.4) is 0 Å². The highest BCUT2D eigenvalue weighted by Gasteiger charge is 2.22. The van der Waals surface area contributed by atoms with Crippen molar-refractivity contribution in [2.45, 2.75) is 38.4 Å². The molecule has 0 saturated carbocycles. The van der Waals surface area contributed by atoms with Crippen LogP contribution in [0.5, 0.6) is 11.5 Å². The van der Waals surface area contributed by atoms with E-state index < -0.39 is 6.10 Å². The van der Waals surface area contributed by atoms with Gasteiger partial charge in [0.15, 0.2) is 11.5 Å². The summed E-state index contributed by atoms with van der Waals surface area (Å²) >= 11 is 0. The van der Waals surface area contributed by atoms with E-state index >= 15 is 0 Å². The number of aliphatic hydroxyl groups excluding tert-OH is 1. The summed E-state index contributed by atoms with van der Waals surface area (Å²) in [4.78, 5) is 0. The zero-order valence-electron chi connectivity index (χ0n) is 11.8. The number of aryl methyl sites for hydroxylation is 1. The van der Waals surface area contributed by atoms with Crippen LogP contribution in [0.4, 0.5) is 0 Å². The topological polar surface area (TPSA) is 47.9 Å². The van der Waals surface area contributed by atoms with E-state index in [0.717, 1.165) is 30.6 Å². The van der Waals surface area contributed by atoms with E-state index in [9.17, 15) is 5.11 Å². The van der Waals surface area contributed by atoms with Gasteiger partial charge in [-0.05, 0) is 43.0 Å². The second-order valence-electron chi connectivity index (χ2n) is 4.95. The second kappa shape index (κ2) is 6.26. The molecule has 1 fully saturated rings. The van der Waals surface area contributed by atoms with E-state index in [1.165, 1.54) is 0 Å². The third-order valence-electron chi connectivity index (χ3n) is 3.64. The first-order valence-electron chi connectivity index (χ1n) is 6.68. The van der Waals surface area contributed by atoms with Crippen LogP contribution in [0.2, 0.25) is 0 Å². The van der Waals surface area contributed by atoms with E-state index in [1.54, 1.807) is 14.2 Å². The fourth-order valence-corrected chi connectivity index (χ4v) is 2.56. The summed E-state index contributed by atoms with van der Waals surface area (Å²) in [6.45, 7) is 2.78. The third-order valence-corrected chi connectivity index (χ3v) is 3.64. The zero-order valence-corrected chi connectivity index (χ0v) is 11.8. The maximum absolute atomic E-state index is 10.4. The van der Waals surface area contributed by atoms with Gasteiger partial charge in [-0.15, -0.1) is 0 Å². The Morgan fingerprint density at radius 3 is 2.58 bits per heavy atom. The molecule has 1 aliphatic heterocycles. The fourth-order valence-electron chi connectivity index (χ4n) is 2.56. The van der Waals surface area contributed by atoms with Gasteiger partial charge in [-0.1, -0.05) is 0 Å². The third kappa shape index (κ3) is 3.19. The molecule has 1 aromatic carbocycles. The van der Waals surface area contributed by atoms with Crippen molar-refractivity contribution in [1.29, 1.82) is 0 Å². The molecule has 1 aliphatic rings. The average Bonchev–Trinajstić information content (AvgIpc) is 2.90. The summed E-state index contributed by atoms with van der Waals surface area (Å²) in [5.74, 6) is 1.34. The van der Waals surface area contributed by atoms with E-state index in [2.05, 4.69) is 0 Å². The van der Waals surface area contributed by atoms with Crippen LogP contribution in [0.25, 0.3) is 0 Å². The molecule has 0 bridgehead atoms. The molecule has 0 amide bonds. The SMILES string of the molecule is COc1cc(C)c(C(O)CC2CCCO2)cc1OC. The molecule has 1 heterocycles. The maximum atomic E-state index is 10.4. The minimum absolute atomic E-state index is 0.169. The first kappa shape index (κ1) is 14.2. The van der Waals surface area contributed by atoms with Crippen LogP contribution >= 0.6 is 0 Å². The van der Waals surface area contributed by atoms with Gasteiger partial charge in [0.05, 0.1) is 26.4 Å². The summed E-state index contributed by atoms with van der Waals surface area (Å²) in [6, 6.07) is 3.75. The molecule has 1 N–H and O–H groups in total. The largest absolute Gasteiger partial charge is 0.493 e. The van der Waals surface area contributed by atoms with E-state index in [-0.39, 0.29) is 6.10 Å². The molecular weight excluding hydrogens is 244 g/mol. The predicted octanol–water partition coefficient (Wildman–Crippen LogP) is 2.61. The molecule has 4 nitrogen and oxygen atoms in total. The molecule has 2 rings (SSSR count). The van der Waals surface area contributed by atoms with Gasteiger partial charge in [-0.2, -0.15) is 0 Å². The highest BCUT2D eigenvalue weighted by Crippen LogP contribution is 2.35. The number of hydrogen-bond donors (Lipinski definition) is 1. The first-order valence-corrected chi connectivity index (χ1v) is 6.68. The van der Waals surface area contributed by atoms with Crippen LogP contribution in [0, 0.1) is 6.92 Å². The Balaban J connectivity index is 2.17.